The van der Waals surface area contributed by atoms with E-state index in [9.17, 15) is 9.90 Å². The molecule has 1 saturated heterocycles. The van der Waals surface area contributed by atoms with Crippen LogP contribution < -0.4 is 0 Å². The minimum absolute atomic E-state index is 0.00640. The molecular formula is C12H23N3O3S. The monoisotopic (exact) mass is 289 g/mol. The Morgan fingerprint density at radius 3 is 2.32 bits per heavy atom. The first-order valence-corrected chi connectivity index (χ1v) is 7.42. The van der Waals surface area contributed by atoms with E-state index in [1.54, 1.807) is 18.7 Å². The minimum atomic E-state index is -1.00. The molecule has 0 aromatic rings. The van der Waals surface area contributed by atoms with Gasteiger partial charge in [-0.15, -0.1) is 0 Å². The van der Waals surface area contributed by atoms with Crippen LogP contribution in [0.25, 0.3) is 0 Å². The number of nitrogens with one attached hydrogen (secondary N) is 1. The van der Waals surface area contributed by atoms with Gasteiger partial charge < -0.3 is 19.6 Å². The number of ether oxygens (including phenoxy) is 1. The van der Waals surface area contributed by atoms with Gasteiger partial charge in [0.1, 0.15) is 6.61 Å². The van der Waals surface area contributed by atoms with Gasteiger partial charge in [-0.3, -0.25) is 5.41 Å². The average Bonchev–Trinajstić information content (AvgIpc) is 2.35. The first kappa shape index (κ1) is 16.1. The average molecular weight is 289 g/mol. The van der Waals surface area contributed by atoms with Crippen LogP contribution in [0.5, 0.6) is 0 Å². The zero-order chi connectivity index (χ0) is 14.5. The van der Waals surface area contributed by atoms with E-state index < -0.39 is 11.7 Å². The molecular weight excluding hydrogens is 266 g/mol. The highest BCUT2D eigenvalue weighted by molar-refractivity contribution is 8.13. The number of carbonyl (C=O) groups excluding carboxylic acids is 1. The lowest BCUT2D eigenvalue weighted by molar-refractivity contribution is -0.00616. The maximum absolute atomic E-state index is 11.8. The molecule has 110 valence electrons. The van der Waals surface area contributed by atoms with Crippen molar-refractivity contribution < 1.29 is 14.6 Å². The first-order chi connectivity index (χ1) is 8.83. The summed E-state index contributed by atoms with van der Waals surface area (Å²) in [6.07, 6.45) is -0.392. The lowest BCUT2D eigenvalue weighted by atomic mass is 10.2. The Bertz CT molecular complexity index is 323. The van der Waals surface area contributed by atoms with Crippen molar-refractivity contribution in [1.82, 2.24) is 9.80 Å². The molecule has 0 aliphatic carbocycles. The molecule has 0 spiro atoms. The molecule has 6 nitrogen and oxygen atoms in total. The molecule has 2 N–H and O–H groups in total. The molecule has 7 heteroatoms. The summed E-state index contributed by atoms with van der Waals surface area (Å²) in [5.74, 6) is 0.882. The Morgan fingerprint density at radius 2 is 1.84 bits per heavy atom. The van der Waals surface area contributed by atoms with Gasteiger partial charge >= 0.3 is 6.09 Å². The second-order valence-electron chi connectivity index (χ2n) is 5.08. The van der Waals surface area contributed by atoms with Crippen LogP contribution >= 0.6 is 11.8 Å². The Balaban J connectivity index is 2.33. The molecule has 19 heavy (non-hydrogen) atoms. The van der Waals surface area contributed by atoms with Gasteiger partial charge in [0.2, 0.25) is 0 Å². The standard InChI is InChI=1S/C12H23N3O3S/c1-4-19-10(13)14-5-7-15(8-6-14)11(16)18-9-12(2,3)17/h13,17H,4-9H2,1-3H3. The maximum Gasteiger partial charge on any atom is 0.409 e. The summed E-state index contributed by atoms with van der Waals surface area (Å²) in [7, 11) is 0. The fraction of sp³-hybridized carbons (Fsp3) is 0.833. The largest absolute Gasteiger partial charge is 0.446 e. The van der Waals surface area contributed by atoms with Gasteiger partial charge in [0, 0.05) is 26.2 Å². The Hall–Kier alpha value is -0.950. The van der Waals surface area contributed by atoms with E-state index >= 15 is 0 Å². The zero-order valence-electron chi connectivity index (χ0n) is 11.8. The summed E-state index contributed by atoms with van der Waals surface area (Å²) in [5, 5.41) is 17.9. The number of amides is 1. The van der Waals surface area contributed by atoms with Crippen LogP contribution in [0, 0.1) is 5.41 Å². The molecule has 0 aromatic carbocycles. The highest BCUT2D eigenvalue weighted by Crippen LogP contribution is 2.11. The topological polar surface area (TPSA) is 76.9 Å². The first-order valence-electron chi connectivity index (χ1n) is 6.44. The number of nitrogens with zero attached hydrogens (tertiary/aromatic N) is 2. The molecule has 0 saturated carbocycles. The van der Waals surface area contributed by atoms with E-state index in [0.29, 0.717) is 31.3 Å². The van der Waals surface area contributed by atoms with E-state index in [-0.39, 0.29) is 6.61 Å². The minimum Gasteiger partial charge on any atom is -0.446 e. The van der Waals surface area contributed by atoms with Gasteiger partial charge in [0.05, 0.1) is 5.60 Å². The van der Waals surface area contributed by atoms with E-state index in [1.165, 1.54) is 11.8 Å². The third kappa shape index (κ3) is 5.69. The third-order valence-electron chi connectivity index (χ3n) is 2.66. The quantitative estimate of drug-likeness (QED) is 0.603. The van der Waals surface area contributed by atoms with Crippen molar-refractivity contribution in [3.63, 3.8) is 0 Å². The highest BCUT2D eigenvalue weighted by atomic mass is 32.2. The van der Waals surface area contributed by atoms with Crippen LogP contribution in [0.3, 0.4) is 0 Å². The number of rotatable bonds is 3. The van der Waals surface area contributed by atoms with Crippen molar-refractivity contribution in [2.24, 2.45) is 0 Å². The summed E-state index contributed by atoms with van der Waals surface area (Å²) in [4.78, 5) is 15.3. The third-order valence-corrected chi connectivity index (χ3v) is 3.48. The fourth-order valence-electron chi connectivity index (χ4n) is 1.65. The Labute approximate surface area is 118 Å². The SMILES string of the molecule is CCSC(=N)N1CCN(C(=O)OCC(C)(C)O)CC1. The summed E-state index contributed by atoms with van der Waals surface area (Å²) < 4.78 is 5.05. The van der Waals surface area contributed by atoms with Crippen LogP contribution in [0.15, 0.2) is 0 Å². The van der Waals surface area contributed by atoms with Crippen molar-refractivity contribution in [3.8, 4) is 0 Å². The van der Waals surface area contributed by atoms with Crippen molar-refractivity contribution in [3.05, 3.63) is 0 Å². The second kappa shape index (κ2) is 7.00. The molecule has 1 aliphatic heterocycles. The molecule has 1 heterocycles. The number of carbonyl (C=O) groups is 1. The van der Waals surface area contributed by atoms with Gasteiger partial charge in [-0.1, -0.05) is 18.7 Å². The smallest absolute Gasteiger partial charge is 0.409 e. The molecule has 1 amide bonds. The van der Waals surface area contributed by atoms with Crippen LogP contribution in [-0.4, -0.2) is 70.3 Å². The highest BCUT2D eigenvalue weighted by Gasteiger charge is 2.25. The van der Waals surface area contributed by atoms with Gasteiger partial charge in [0.25, 0.3) is 0 Å². The molecule has 1 rings (SSSR count). The summed E-state index contributed by atoms with van der Waals surface area (Å²) in [6, 6.07) is 0. The molecule has 0 radical (unpaired) electrons. The molecule has 0 bridgehead atoms. The van der Waals surface area contributed by atoms with Gasteiger partial charge in [-0.2, -0.15) is 0 Å². The van der Waals surface area contributed by atoms with Crippen LogP contribution in [0.1, 0.15) is 20.8 Å². The van der Waals surface area contributed by atoms with Crippen molar-refractivity contribution in [1.29, 1.82) is 5.41 Å². The lowest BCUT2D eigenvalue weighted by Crippen LogP contribution is -2.50. The van der Waals surface area contributed by atoms with Crippen LogP contribution in [-0.2, 0) is 4.74 Å². The molecule has 1 aliphatic rings. The number of aliphatic hydroxyl groups is 1. The number of hydrogen-bond donors (Lipinski definition) is 2. The maximum atomic E-state index is 11.8. The van der Waals surface area contributed by atoms with Crippen molar-refractivity contribution in [2.45, 2.75) is 26.4 Å². The summed E-state index contributed by atoms with van der Waals surface area (Å²) >= 11 is 1.50. The summed E-state index contributed by atoms with van der Waals surface area (Å²) in [6.45, 7) is 7.63. The van der Waals surface area contributed by atoms with Crippen molar-refractivity contribution >= 4 is 23.0 Å². The fourth-order valence-corrected chi connectivity index (χ4v) is 2.29. The van der Waals surface area contributed by atoms with Gasteiger partial charge in [0.15, 0.2) is 5.17 Å². The molecule has 0 unspecified atom stereocenters. The molecule has 0 aromatic heterocycles. The van der Waals surface area contributed by atoms with Gasteiger partial charge in [-0.25, -0.2) is 4.79 Å². The predicted molar refractivity (Wildman–Crippen MR) is 76.7 cm³/mol. The second-order valence-corrected chi connectivity index (χ2v) is 6.33. The van der Waals surface area contributed by atoms with Crippen LogP contribution in [0.2, 0.25) is 0 Å². The Morgan fingerprint density at radius 1 is 1.32 bits per heavy atom. The predicted octanol–water partition coefficient (Wildman–Crippen LogP) is 1.20. The van der Waals surface area contributed by atoms with Gasteiger partial charge in [-0.05, 0) is 19.6 Å². The molecule has 1 fully saturated rings. The van der Waals surface area contributed by atoms with E-state index in [1.807, 2.05) is 11.8 Å². The number of hydrogen-bond acceptors (Lipinski definition) is 5. The van der Waals surface area contributed by atoms with E-state index in [2.05, 4.69) is 0 Å². The number of thioether (sulfide) groups is 1. The van der Waals surface area contributed by atoms with E-state index in [0.717, 1.165) is 5.75 Å². The lowest BCUT2D eigenvalue weighted by Gasteiger charge is -2.35. The van der Waals surface area contributed by atoms with E-state index in [4.69, 9.17) is 10.1 Å². The van der Waals surface area contributed by atoms with Crippen molar-refractivity contribution in [2.75, 3.05) is 38.5 Å². The summed E-state index contributed by atoms with van der Waals surface area (Å²) in [5.41, 5.74) is -1.00. The zero-order valence-corrected chi connectivity index (χ0v) is 12.6. The van der Waals surface area contributed by atoms with Crippen LogP contribution in [0.4, 0.5) is 4.79 Å². The normalized spacial score (nSPS) is 16.4. The number of amidine groups is 1. The Kier molecular flexibility index (Phi) is 5.93. The number of piperazine rings is 1. The molecule has 0 atom stereocenters.